The molecule has 2 nitrogen and oxygen atoms in total. The zero-order chi connectivity index (χ0) is 11.4. The van der Waals surface area contributed by atoms with E-state index in [4.69, 9.17) is 5.11 Å². The molecule has 0 bridgehead atoms. The second-order valence-electron chi connectivity index (χ2n) is 3.26. The molecule has 0 saturated carbocycles. The van der Waals surface area contributed by atoms with Crippen LogP contribution in [0, 0.1) is 12.7 Å². The first-order valence-corrected chi connectivity index (χ1v) is 5.58. The highest BCUT2D eigenvalue weighted by molar-refractivity contribution is 8.00. The number of rotatable bonds is 4. The molecule has 0 aliphatic heterocycles. The van der Waals surface area contributed by atoms with Crippen molar-refractivity contribution in [2.75, 3.05) is 0 Å². The third kappa shape index (κ3) is 3.23. The van der Waals surface area contributed by atoms with Crippen LogP contribution in [0.2, 0.25) is 0 Å². The van der Waals surface area contributed by atoms with E-state index in [1.54, 1.807) is 13.0 Å². The normalized spacial score (nSPS) is 12.5. The lowest BCUT2D eigenvalue weighted by molar-refractivity contribution is -0.136. The van der Waals surface area contributed by atoms with Crippen molar-refractivity contribution in [1.82, 2.24) is 0 Å². The Morgan fingerprint density at radius 3 is 2.73 bits per heavy atom. The van der Waals surface area contributed by atoms with Crippen molar-refractivity contribution >= 4 is 17.7 Å². The quantitative estimate of drug-likeness (QED) is 0.805. The molecule has 1 atom stereocenters. The van der Waals surface area contributed by atoms with Gasteiger partial charge in [0.1, 0.15) is 11.1 Å². The molecule has 0 aliphatic rings. The van der Waals surface area contributed by atoms with Gasteiger partial charge in [0.15, 0.2) is 0 Å². The Labute approximate surface area is 92.5 Å². The third-order valence-corrected chi connectivity index (χ3v) is 3.58. The zero-order valence-electron chi connectivity index (χ0n) is 8.66. The van der Waals surface area contributed by atoms with Crippen LogP contribution < -0.4 is 0 Å². The molecule has 1 aromatic rings. The molecular weight excluding hydrogens is 215 g/mol. The van der Waals surface area contributed by atoms with Gasteiger partial charge in [-0.1, -0.05) is 6.92 Å². The minimum Gasteiger partial charge on any atom is -0.480 e. The summed E-state index contributed by atoms with van der Waals surface area (Å²) in [5.41, 5.74) is 0.778. The molecule has 0 heterocycles. The number of aliphatic carboxylic acids is 1. The number of aryl methyl sites for hydroxylation is 1. The summed E-state index contributed by atoms with van der Waals surface area (Å²) in [6.45, 7) is 3.60. The standard InChI is InChI=1S/C11H13FO2S/c1-3-9(11(13)14)15-10-5-4-8(12)6-7(10)2/h4-6,9H,3H2,1-2H3,(H,13,14). The Balaban J connectivity index is 2.84. The maximum Gasteiger partial charge on any atom is 0.316 e. The topological polar surface area (TPSA) is 37.3 Å². The second-order valence-corrected chi connectivity index (χ2v) is 4.51. The van der Waals surface area contributed by atoms with Crippen LogP contribution in [0.5, 0.6) is 0 Å². The van der Waals surface area contributed by atoms with E-state index in [9.17, 15) is 9.18 Å². The van der Waals surface area contributed by atoms with Crippen molar-refractivity contribution in [3.8, 4) is 0 Å². The van der Waals surface area contributed by atoms with E-state index in [-0.39, 0.29) is 5.82 Å². The molecule has 0 radical (unpaired) electrons. The van der Waals surface area contributed by atoms with Gasteiger partial charge in [0.25, 0.3) is 0 Å². The average molecular weight is 228 g/mol. The van der Waals surface area contributed by atoms with E-state index in [2.05, 4.69) is 0 Å². The lowest BCUT2D eigenvalue weighted by Crippen LogP contribution is -2.14. The van der Waals surface area contributed by atoms with Crippen molar-refractivity contribution in [1.29, 1.82) is 0 Å². The monoisotopic (exact) mass is 228 g/mol. The number of hydrogen-bond acceptors (Lipinski definition) is 2. The highest BCUT2D eigenvalue weighted by Crippen LogP contribution is 2.28. The number of carbonyl (C=O) groups is 1. The number of benzene rings is 1. The van der Waals surface area contributed by atoms with Crippen molar-refractivity contribution in [3.63, 3.8) is 0 Å². The molecule has 0 saturated heterocycles. The van der Waals surface area contributed by atoms with Crippen molar-refractivity contribution in [2.45, 2.75) is 30.4 Å². The van der Waals surface area contributed by atoms with Crippen LogP contribution in [0.15, 0.2) is 23.1 Å². The van der Waals surface area contributed by atoms with Crippen LogP contribution in [0.25, 0.3) is 0 Å². The fourth-order valence-corrected chi connectivity index (χ4v) is 2.17. The Kier molecular flexibility index (Phi) is 4.15. The molecule has 1 unspecified atom stereocenters. The van der Waals surface area contributed by atoms with E-state index in [0.29, 0.717) is 6.42 Å². The van der Waals surface area contributed by atoms with E-state index < -0.39 is 11.2 Å². The smallest absolute Gasteiger partial charge is 0.316 e. The van der Waals surface area contributed by atoms with Crippen LogP contribution in [0.4, 0.5) is 4.39 Å². The highest BCUT2D eigenvalue weighted by Gasteiger charge is 2.17. The lowest BCUT2D eigenvalue weighted by Gasteiger charge is -2.11. The van der Waals surface area contributed by atoms with Gasteiger partial charge in [0.2, 0.25) is 0 Å². The fraction of sp³-hybridized carbons (Fsp3) is 0.364. The van der Waals surface area contributed by atoms with Gasteiger partial charge in [-0.15, -0.1) is 11.8 Å². The molecule has 1 rings (SSSR count). The van der Waals surface area contributed by atoms with Crippen molar-refractivity contribution in [3.05, 3.63) is 29.6 Å². The summed E-state index contributed by atoms with van der Waals surface area (Å²) in [4.78, 5) is 11.6. The first-order chi connectivity index (χ1) is 7.04. The SMILES string of the molecule is CCC(Sc1ccc(F)cc1C)C(=O)O. The Morgan fingerprint density at radius 1 is 1.60 bits per heavy atom. The lowest BCUT2D eigenvalue weighted by atomic mass is 10.2. The van der Waals surface area contributed by atoms with Gasteiger partial charge < -0.3 is 5.11 Å². The predicted molar refractivity (Wildman–Crippen MR) is 58.7 cm³/mol. The molecule has 0 spiro atoms. The van der Waals surface area contributed by atoms with Gasteiger partial charge in [0, 0.05) is 4.90 Å². The number of carboxylic acid groups (broad SMARTS) is 1. The molecule has 1 aromatic carbocycles. The summed E-state index contributed by atoms with van der Waals surface area (Å²) in [7, 11) is 0. The molecule has 15 heavy (non-hydrogen) atoms. The minimum absolute atomic E-state index is 0.291. The molecule has 82 valence electrons. The predicted octanol–water partition coefficient (Wildman–Crippen LogP) is 3.09. The summed E-state index contributed by atoms with van der Waals surface area (Å²) in [6, 6.07) is 4.39. The number of halogens is 1. The summed E-state index contributed by atoms with van der Waals surface area (Å²) >= 11 is 1.27. The van der Waals surface area contributed by atoms with Gasteiger partial charge >= 0.3 is 5.97 Å². The highest BCUT2D eigenvalue weighted by atomic mass is 32.2. The molecule has 1 N–H and O–H groups in total. The number of thioether (sulfide) groups is 1. The molecule has 4 heteroatoms. The van der Waals surface area contributed by atoms with Gasteiger partial charge in [-0.3, -0.25) is 4.79 Å². The zero-order valence-corrected chi connectivity index (χ0v) is 9.47. The van der Waals surface area contributed by atoms with Crippen LogP contribution in [-0.2, 0) is 4.79 Å². The molecule has 0 aromatic heterocycles. The first kappa shape index (κ1) is 12.0. The van der Waals surface area contributed by atoms with Crippen molar-refractivity contribution in [2.24, 2.45) is 0 Å². The van der Waals surface area contributed by atoms with Crippen LogP contribution in [-0.4, -0.2) is 16.3 Å². The van der Waals surface area contributed by atoms with E-state index >= 15 is 0 Å². The Bertz CT molecular complexity index is 366. The third-order valence-electron chi connectivity index (χ3n) is 2.05. The van der Waals surface area contributed by atoms with Crippen molar-refractivity contribution < 1.29 is 14.3 Å². The molecule has 0 amide bonds. The van der Waals surface area contributed by atoms with Gasteiger partial charge in [-0.25, -0.2) is 4.39 Å². The van der Waals surface area contributed by atoms with E-state index in [1.807, 2.05) is 6.92 Å². The van der Waals surface area contributed by atoms with Crippen LogP contribution >= 0.6 is 11.8 Å². The summed E-state index contributed by atoms with van der Waals surface area (Å²) in [5.74, 6) is -1.12. The fourth-order valence-electron chi connectivity index (χ4n) is 1.21. The summed E-state index contributed by atoms with van der Waals surface area (Å²) < 4.78 is 12.8. The summed E-state index contributed by atoms with van der Waals surface area (Å²) in [6.07, 6.45) is 0.552. The molecular formula is C11H13FO2S. The number of hydrogen-bond donors (Lipinski definition) is 1. The Hall–Kier alpha value is -1.03. The minimum atomic E-state index is -0.828. The van der Waals surface area contributed by atoms with E-state index in [0.717, 1.165) is 10.5 Å². The molecule has 0 fully saturated rings. The van der Waals surface area contributed by atoms with Gasteiger partial charge in [0.05, 0.1) is 0 Å². The molecule has 0 aliphatic carbocycles. The van der Waals surface area contributed by atoms with E-state index in [1.165, 1.54) is 23.9 Å². The number of carboxylic acids is 1. The van der Waals surface area contributed by atoms with Crippen LogP contribution in [0.3, 0.4) is 0 Å². The Morgan fingerprint density at radius 2 is 2.27 bits per heavy atom. The summed E-state index contributed by atoms with van der Waals surface area (Å²) in [5, 5.41) is 8.42. The van der Waals surface area contributed by atoms with Gasteiger partial charge in [-0.05, 0) is 37.1 Å². The first-order valence-electron chi connectivity index (χ1n) is 4.70. The maximum absolute atomic E-state index is 12.8. The largest absolute Gasteiger partial charge is 0.480 e. The maximum atomic E-state index is 12.8. The van der Waals surface area contributed by atoms with Gasteiger partial charge in [-0.2, -0.15) is 0 Å². The average Bonchev–Trinajstić information content (AvgIpc) is 2.16. The van der Waals surface area contributed by atoms with Crippen LogP contribution in [0.1, 0.15) is 18.9 Å². The second kappa shape index (κ2) is 5.16.